The number of ether oxygens (including phenoxy) is 2. The molecule has 0 saturated carbocycles. The van der Waals surface area contributed by atoms with E-state index in [0.29, 0.717) is 18.4 Å². The SMILES string of the molecule is CN=Cc1ccc(Oc2ccc3c(c2)CC[C@H]3C2OC(=O)NC2=O)c(C(F)(F)F)c1. The molecule has 156 valence electrons. The predicted octanol–water partition coefficient (Wildman–Crippen LogP) is 4.21. The lowest BCUT2D eigenvalue weighted by molar-refractivity contribution is -0.138. The Balaban J connectivity index is 1.60. The van der Waals surface area contributed by atoms with Crippen LogP contribution in [0.3, 0.4) is 0 Å². The Kier molecular flexibility index (Phi) is 4.97. The topological polar surface area (TPSA) is 77.0 Å². The van der Waals surface area contributed by atoms with Crippen LogP contribution in [0.2, 0.25) is 0 Å². The lowest BCUT2D eigenvalue weighted by Crippen LogP contribution is -2.28. The summed E-state index contributed by atoms with van der Waals surface area (Å²) in [5.41, 5.74) is 1.09. The van der Waals surface area contributed by atoms with E-state index in [4.69, 9.17) is 9.47 Å². The van der Waals surface area contributed by atoms with Crippen molar-refractivity contribution in [1.82, 2.24) is 5.32 Å². The van der Waals surface area contributed by atoms with E-state index in [1.54, 1.807) is 18.2 Å². The van der Waals surface area contributed by atoms with Crippen LogP contribution in [0.15, 0.2) is 41.4 Å². The first-order valence-corrected chi connectivity index (χ1v) is 9.22. The highest BCUT2D eigenvalue weighted by atomic mass is 19.4. The zero-order chi connectivity index (χ0) is 21.5. The van der Waals surface area contributed by atoms with Gasteiger partial charge in [-0.05, 0) is 59.9 Å². The number of nitrogens with zero attached hydrogens (tertiary/aromatic N) is 1. The average Bonchev–Trinajstić information content (AvgIpc) is 3.24. The third-order valence-corrected chi connectivity index (χ3v) is 5.14. The number of fused-ring (bicyclic) bond motifs is 1. The zero-order valence-corrected chi connectivity index (χ0v) is 15.8. The third-order valence-electron chi connectivity index (χ3n) is 5.14. The second kappa shape index (κ2) is 7.47. The van der Waals surface area contributed by atoms with Gasteiger partial charge in [-0.15, -0.1) is 0 Å². The molecule has 0 radical (unpaired) electrons. The maximum atomic E-state index is 13.5. The van der Waals surface area contributed by atoms with E-state index in [0.717, 1.165) is 17.2 Å². The van der Waals surface area contributed by atoms with E-state index >= 15 is 0 Å². The number of hydrogen-bond acceptors (Lipinski definition) is 5. The number of halogens is 3. The molecule has 1 aliphatic heterocycles. The Morgan fingerprint density at radius 1 is 1.20 bits per heavy atom. The Labute approximate surface area is 169 Å². The minimum atomic E-state index is -4.59. The normalized spacial score (nSPS) is 20.9. The zero-order valence-electron chi connectivity index (χ0n) is 15.8. The van der Waals surface area contributed by atoms with Crippen LogP contribution in [0.1, 0.15) is 34.6 Å². The molecule has 2 aliphatic rings. The van der Waals surface area contributed by atoms with Gasteiger partial charge in [-0.25, -0.2) is 4.79 Å². The van der Waals surface area contributed by atoms with Gasteiger partial charge in [0.15, 0.2) is 6.10 Å². The van der Waals surface area contributed by atoms with Crippen molar-refractivity contribution < 1.29 is 32.2 Å². The highest BCUT2D eigenvalue weighted by Gasteiger charge is 2.42. The van der Waals surface area contributed by atoms with Gasteiger partial charge in [0.05, 0.1) is 5.56 Å². The number of imide groups is 1. The number of amides is 2. The summed E-state index contributed by atoms with van der Waals surface area (Å²) in [4.78, 5) is 26.9. The van der Waals surface area contributed by atoms with E-state index in [1.807, 2.05) is 0 Å². The molecule has 2 aromatic carbocycles. The lowest BCUT2D eigenvalue weighted by atomic mass is 9.95. The Hall–Kier alpha value is -3.36. The number of aliphatic imine (C=N–C) groups is 1. The molecule has 6 nitrogen and oxygen atoms in total. The molecule has 1 fully saturated rings. The fraction of sp³-hybridized carbons (Fsp3) is 0.286. The van der Waals surface area contributed by atoms with Crippen molar-refractivity contribution in [3.8, 4) is 11.5 Å². The van der Waals surface area contributed by atoms with Gasteiger partial charge in [-0.2, -0.15) is 13.2 Å². The van der Waals surface area contributed by atoms with Crippen molar-refractivity contribution in [2.45, 2.75) is 31.0 Å². The van der Waals surface area contributed by atoms with Gasteiger partial charge in [0.25, 0.3) is 5.91 Å². The van der Waals surface area contributed by atoms with Gasteiger partial charge < -0.3 is 9.47 Å². The standard InChI is InChI=1S/C21H17F3N2O4/c1-25-10-11-2-7-17(16(8-11)21(22,23)24)29-13-4-6-14-12(9-13)3-5-15(14)18-19(27)26-20(28)30-18/h2,4,6-10,15,18H,3,5H2,1H3,(H,26,27,28)/t15-,18?/m1/s1. The lowest BCUT2D eigenvalue weighted by Gasteiger charge is -2.17. The number of nitrogens with one attached hydrogen (secondary N) is 1. The summed E-state index contributed by atoms with van der Waals surface area (Å²) in [6.45, 7) is 0. The highest BCUT2D eigenvalue weighted by molar-refractivity contribution is 6.00. The molecule has 2 atom stereocenters. The number of cyclic esters (lactones) is 1. The molecule has 1 saturated heterocycles. The molecule has 2 amide bonds. The predicted molar refractivity (Wildman–Crippen MR) is 101 cm³/mol. The third kappa shape index (κ3) is 3.74. The highest BCUT2D eigenvalue weighted by Crippen LogP contribution is 2.42. The van der Waals surface area contributed by atoms with Crippen LogP contribution in [-0.4, -0.2) is 31.4 Å². The Morgan fingerprint density at radius 2 is 2.00 bits per heavy atom. The molecular weight excluding hydrogens is 401 g/mol. The summed E-state index contributed by atoms with van der Waals surface area (Å²) in [6, 6.07) is 8.65. The van der Waals surface area contributed by atoms with E-state index in [2.05, 4.69) is 10.3 Å². The van der Waals surface area contributed by atoms with Crippen LogP contribution >= 0.6 is 0 Å². The molecule has 1 unspecified atom stereocenters. The summed E-state index contributed by atoms with van der Waals surface area (Å²) in [5.74, 6) is -0.832. The van der Waals surface area contributed by atoms with Crippen LogP contribution in [-0.2, 0) is 22.1 Å². The summed E-state index contributed by atoms with van der Waals surface area (Å²) in [6.07, 6.45) is -3.74. The molecule has 1 N–H and O–H groups in total. The number of aryl methyl sites for hydroxylation is 1. The fourth-order valence-corrected chi connectivity index (χ4v) is 3.85. The number of carbonyl (C=O) groups excluding carboxylic acids is 2. The first-order valence-electron chi connectivity index (χ1n) is 9.22. The number of carbonyl (C=O) groups is 2. The van der Waals surface area contributed by atoms with E-state index in [1.165, 1.54) is 25.4 Å². The van der Waals surface area contributed by atoms with Gasteiger partial charge in [0.1, 0.15) is 11.5 Å². The van der Waals surface area contributed by atoms with E-state index in [9.17, 15) is 22.8 Å². The molecule has 0 spiro atoms. The quantitative estimate of drug-likeness (QED) is 0.755. The molecule has 1 aliphatic carbocycles. The molecule has 4 rings (SSSR count). The van der Waals surface area contributed by atoms with E-state index in [-0.39, 0.29) is 17.4 Å². The summed E-state index contributed by atoms with van der Waals surface area (Å²) in [7, 11) is 1.48. The van der Waals surface area contributed by atoms with Crippen molar-refractivity contribution in [1.29, 1.82) is 0 Å². The van der Waals surface area contributed by atoms with Gasteiger partial charge >= 0.3 is 12.3 Å². The van der Waals surface area contributed by atoms with Crippen molar-refractivity contribution in [3.05, 3.63) is 58.7 Å². The van der Waals surface area contributed by atoms with Crippen LogP contribution in [0.5, 0.6) is 11.5 Å². The van der Waals surface area contributed by atoms with Gasteiger partial charge in [0.2, 0.25) is 0 Å². The maximum Gasteiger partial charge on any atom is 0.420 e. The minimum absolute atomic E-state index is 0.254. The molecule has 30 heavy (non-hydrogen) atoms. The minimum Gasteiger partial charge on any atom is -0.457 e. The Morgan fingerprint density at radius 3 is 2.67 bits per heavy atom. The monoisotopic (exact) mass is 418 g/mol. The molecule has 0 aromatic heterocycles. The Bertz CT molecular complexity index is 1050. The van der Waals surface area contributed by atoms with E-state index < -0.39 is 29.8 Å². The summed E-state index contributed by atoms with van der Waals surface area (Å²) < 4.78 is 51.1. The van der Waals surface area contributed by atoms with Crippen LogP contribution in [0.4, 0.5) is 18.0 Å². The first-order chi connectivity index (χ1) is 14.3. The van der Waals surface area contributed by atoms with Gasteiger partial charge in [0, 0.05) is 19.2 Å². The molecule has 9 heteroatoms. The second-order valence-corrected chi connectivity index (χ2v) is 7.06. The average molecular weight is 418 g/mol. The molecule has 2 aromatic rings. The largest absolute Gasteiger partial charge is 0.457 e. The number of alkyl carbamates (subject to hydrolysis) is 1. The van der Waals surface area contributed by atoms with Crippen molar-refractivity contribution >= 4 is 18.2 Å². The maximum absolute atomic E-state index is 13.5. The van der Waals surface area contributed by atoms with Crippen LogP contribution in [0, 0.1) is 0 Å². The van der Waals surface area contributed by atoms with Crippen molar-refractivity contribution in [2.24, 2.45) is 4.99 Å². The van der Waals surface area contributed by atoms with Crippen molar-refractivity contribution in [3.63, 3.8) is 0 Å². The number of benzene rings is 2. The summed E-state index contributed by atoms with van der Waals surface area (Å²) in [5, 5.41) is 2.11. The molecule has 0 bridgehead atoms. The number of hydrogen-bond donors (Lipinski definition) is 1. The van der Waals surface area contributed by atoms with Crippen LogP contribution in [0.25, 0.3) is 0 Å². The fourth-order valence-electron chi connectivity index (χ4n) is 3.85. The van der Waals surface area contributed by atoms with Crippen LogP contribution < -0.4 is 10.1 Å². The number of alkyl halides is 3. The second-order valence-electron chi connectivity index (χ2n) is 7.06. The number of rotatable bonds is 4. The smallest absolute Gasteiger partial charge is 0.420 e. The van der Waals surface area contributed by atoms with Gasteiger partial charge in [-0.1, -0.05) is 6.07 Å². The summed E-state index contributed by atoms with van der Waals surface area (Å²) >= 11 is 0. The molecule has 1 heterocycles. The van der Waals surface area contributed by atoms with Crippen molar-refractivity contribution in [2.75, 3.05) is 7.05 Å². The molecular formula is C21H17F3N2O4. The first kappa shape index (κ1) is 19.9. The van der Waals surface area contributed by atoms with Gasteiger partial charge in [-0.3, -0.25) is 15.1 Å².